The lowest BCUT2D eigenvalue weighted by Gasteiger charge is -2.01. The van der Waals surface area contributed by atoms with Gasteiger partial charge in [0.2, 0.25) is 0 Å². The maximum atomic E-state index is 11.6. The molecule has 0 bridgehead atoms. The van der Waals surface area contributed by atoms with E-state index in [1.54, 1.807) is 6.20 Å². The molecular formula is C12H8N4OS. The third-order valence-electron chi connectivity index (χ3n) is 2.52. The Morgan fingerprint density at radius 3 is 2.67 bits per heavy atom. The molecule has 0 saturated carbocycles. The molecule has 0 aliphatic heterocycles. The van der Waals surface area contributed by atoms with Crippen molar-refractivity contribution >= 4 is 23.4 Å². The molecule has 0 spiro atoms. The fourth-order valence-electron chi connectivity index (χ4n) is 1.69. The lowest BCUT2D eigenvalue weighted by molar-refractivity contribution is 1.09. The molecule has 1 aromatic carbocycles. The summed E-state index contributed by atoms with van der Waals surface area (Å²) in [6.45, 7) is 0. The number of fused-ring (bicyclic) bond motifs is 1. The van der Waals surface area contributed by atoms with Gasteiger partial charge >= 0.3 is 0 Å². The van der Waals surface area contributed by atoms with Crippen LogP contribution in [-0.2, 0) is 0 Å². The molecule has 18 heavy (non-hydrogen) atoms. The first kappa shape index (κ1) is 10.8. The van der Waals surface area contributed by atoms with E-state index in [1.165, 1.54) is 0 Å². The van der Waals surface area contributed by atoms with Gasteiger partial charge in [0, 0.05) is 5.56 Å². The van der Waals surface area contributed by atoms with E-state index in [-0.39, 0.29) is 15.8 Å². The zero-order chi connectivity index (χ0) is 12.5. The van der Waals surface area contributed by atoms with Crippen LogP contribution in [0.15, 0.2) is 41.3 Å². The maximum absolute atomic E-state index is 11.6. The molecular weight excluding hydrogens is 248 g/mol. The molecule has 2 N–H and O–H groups in total. The lowest BCUT2D eigenvalue weighted by atomic mass is 10.2. The van der Waals surface area contributed by atoms with E-state index >= 15 is 0 Å². The first-order valence-corrected chi connectivity index (χ1v) is 5.69. The third kappa shape index (κ3) is 1.82. The Kier molecular flexibility index (Phi) is 2.49. The molecule has 0 saturated heterocycles. The van der Waals surface area contributed by atoms with Crippen LogP contribution in [0.1, 0.15) is 0 Å². The number of hydrogen-bond acceptors (Lipinski definition) is 4. The summed E-state index contributed by atoms with van der Waals surface area (Å²) in [7, 11) is 0. The molecule has 0 amide bonds. The minimum Gasteiger partial charge on any atom is -0.315 e. The standard InChI is InChI=1S/C12H8N4OS/c17-11-9-10(15-12(18)16-11)14-8(6-13-9)7-4-2-1-3-5-7/h1-6H,(H2,14,15,16,17,18). The van der Waals surface area contributed by atoms with Crippen LogP contribution in [0.4, 0.5) is 0 Å². The average molecular weight is 256 g/mol. The minimum atomic E-state index is -0.333. The maximum Gasteiger partial charge on any atom is 0.279 e. The van der Waals surface area contributed by atoms with Gasteiger partial charge < -0.3 is 4.98 Å². The zero-order valence-electron chi connectivity index (χ0n) is 9.18. The molecule has 0 unspecified atom stereocenters. The molecule has 3 rings (SSSR count). The summed E-state index contributed by atoms with van der Waals surface area (Å²) >= 11 is 4.91. The summed E-state index contributed by atoms with van der Waals surface area (Å²) < 4.78 is 0.243. The van der Waals surface area contributed by atoms with Crippen molar-refractivity contribution in [2.24, 2.45) is 0 Å². The highest BCUT2D eigenvalue weighted by Gasteiger charge is 2.05. The lowest BCUT2D eigenvalue weighted by Crippen LogP contribution is -2.10. The number of aromatic nitrogens is 4. The Labute approximate surface area is 107 Å². The summed E-state index contributed by atoms with van der Waals surface area (Å²) in [5.41, 5.74) is 1.94. The first-order valence-electron chi connectivity index (χ1n) is 5.29. The fourth-order valence-corrected chi connectivity index (χ4v) is 1.88. The Morgan fingerprint density at radius 2 is 1.89 bits per heavy atom. The largest absolute Gasteiger partial charge is 0.315 e. The van der Waals surface area contributed by atoms with Gasteiger partial charge in [-0.05, 0) is 12.2 Å². The second-order valence-electron chi connectivity index (χ2n) is 3.73. The molecule has 6 heteroatoms. The fraction of sp³-hybridized carbons (Fsp3) is 0. The zero-order valence-corrected chi connectivity index (χ0v) is 9.99. The number of nitrogens with zero attached hydrogens (tertiary/aromatic N) is 2. The van der Waals surface area contributed by atoms with Crippen LogP contribution in [0.5, 0.6) is 0 Å². The normalized spacial score (nSPS) is 10.7. The molecule has 2 aromatic heterocycles. The van der Waals surface area contributed by atoms with Crippen molar-refractivity contribution in [3.63, 3.8) is 0 Å². The second-order valence-corrected chi connectivity index (χ2v) is 4.13. The van der Waals surface area contributed by atoms with Crippen molar-refractivity contribution in [2.45, 2.75) is 0 Å². The average Bonchev–Trinajstić information content (AvgIpc) is 2.39. The van der Waals surface area contributed by atoms with Crippen molar-refractivity contribution in [1.29, 1.82) is 0 Å². The second kappa shape index (κ2) is 4.15. The van der Waals surface area contributed by atoms with Crippen molar-refractivity contribution in [1.82, 2.24) is 19.9 Å². The summed E-state index contributed by atoms with van der Waals surface area (Å²) in [4.78, 5) is 25.4. The van der Waals surface area contributed by atoms with Gasteiger partial charge in [-0.3, -0.25) is 9.78 Å². The SMILES string of the molecule is O=c1[nH]c(=S)[nH]c2nc(-c3ccccc3)cnc12. The Morgan fingerprint density at radius 1 is 1.11 bits per heavy atom. The van der Waals surface area contributed by atoms with E-state index in [0.29, 0.717) is 11.3 Å². The van der Waals surface area contributed by atoms with Crippen molar-refractivity contribution in [2.75, 3.05) is 0 Å². The summed E-state index contributed by atoms with van der Waals surface area (Å²) in [6, 6.07) is 9.62. The van der Waals surface area contributed by atoms with Crippen LogP contribution in [0.2, 0.25) is 0 Å². The monoisotopic (exact) mass is 256 g/mol. The molecule has 3 aromatic rings. The van der Waals surface area contributed by atoms with E-state index < -0.39 is 0 Å². The number of benzene rings is 1. The van der Waals surface area contributed by atoms with Crippen LogP contribution in [0.25, 0.3) is 22.4 Å². The molecule has 2 heterocycles. The number of nitrogens with one attached hydrogen (secondary N) is 2. The highest BCUT2D eigenvalue weighted by molar-refractivity contribution is 7.71. The first-order chi connectivity index (χ1) is 8.74. The predicted molar refractivity (Wildman–Crippen MR) is 70.8 cm³/mol. The number of aromatic amines is 2. The van der Waals surface area contributed by atoms with Gasteiger partial charge in [0.05, 0.1) is 11.9 Å². The van der Waals surface area contributed by atoms with Crippen LogP contribution in [0, 0.1) is 4.77 Å². The van der Waals surface area contributed by atoms with E-state index in [2.05, 4.69) is 19.9 Å². The van der Waals surface area contributed by atoms with Crippen LogP contribution in [-0.4, -0.2) is 19.9 Å². The molecule has 88 valence electrons. The Bertz CT molecular complexity index is 823. The van der Waals surface area contributed by atoms with Crippen molar-refractivity contribution < 1.29 is 0 Å². The highest BCUT2D eigenvalue weighted by atomic mass is 32.1. The third-order valence-corrected chi connectivity index (χ3v) is 2.72. The van der Waals surface area contributed by atoms with Gasteiger partial charge in [0.25, 0.3) is 5.56 Å². The van der Waals surface area contributed by atoms with Gasteiger partial charge in [-0.25, -0.2) is 9.97 Å². The quantitative estimate of drug-likeness (QED) is 0.653. The molecule has 0 atom stereocenters. The number of hydrogen-bond donors (Lipinski definition) is 2. The van der Waals surface area contributed by atoms with E-state index in [4.69, 9.17) is 12.2 Å². The molecule has 0 aliphatic carbocycles. The highest BCUT2D eigenvalue weighted by Crippen LogP contribution is 2.16. The van der Waals surface area contributed by atoms with Gasteiger partial charge in [-0.15, -0.1) is 0 Å². The molecule has 0 aliphatic rings. The van der Waals surface area contributed by atoms with Gasteiger partial charge in [-0.2, -0.15) is 0 Å². The molecule has 5 nitrogen and oxygen atoms in total. The minimum absolute atomic E-state index is 0.243. The topological polar surface area (TPSA) is 74.4 Å². The van der Waals surface area contributed by atoms with Crippen LogP contribution < -0.4 is 5.56 Å². The molecule has 0 radical (unpaired) electrons. The van der Waals surface area contributed by atoms with Crippen molar-refractivity contribution in [3.05, 3.63) is 51.7 Å². The molecule has 0 fully saturated rings. The van der Waals surface area contributed by atoms with E-state index in [1.807, 2.05) is 30.3 Å². The van der Waals surface area contributed by atoms with Gasteiger partial charge in [-0.1, -0.05) is 30.3 Å². The summed E-state index contributed by atoms with van der Waals surface area (Å²) in [5.74, 6) is 0. The van der Waals surface area contributed by atoms with Gasteiger partial charge in [0.1, 0.15) is 0 Å². The summed E-state index contributed by atoms with van der Waals surface area (Å²) in [5, 5.41) is 0. The van der Waals surface area contributed by atoms with Crippen molar-refractivity contribution in [3.8, 4) is 11.3 Å². The number of rotatable bonds is 1. The van der Waals surface area contributed by atoms with E-state index in [0.717, 1.165) is 5.56 Å². The van der Waals surface area contributed by atoms with Crippen LogP contribution in [0.3, 0.4) is 0 Å². The smallest absolute Gasteiger partial charge is 0.279 e. The predicted octanol–water partition coefficient (Wildman–Crippen LogP) is 2.04. The summed E-state index contributed by atoms with van der Waals surface area (Å²) in [6.07, 6.45) is 1.57. The number of H-pyrrole nitrogens is 2. The van der Waals surface area contributed by atoms with Gasteiger partial charge in [0.15, 0.2) is 15.9 Å². The van der Waals surface area contributed by atoms with Crippen LogP contribution >= 0.6 is 12.2 Å². The van der Waals surface area contributed by atoms with E-state index in [9.17, 15) is 4.79 Å². The Hall–Kier alpha value is -2.34. The Balaban J connectivity index is 2.29.